The van der Waals surface area contributed by atoms with Gasteiger partial charge in [-0.05, 0) is 18.9 Å². The van der Waals surface area contributed by atoms with Crippen molar-refractivity contribution in [3.05, 3.63) is 0 Å². The summed E-state index contributed by atoms with van der Waals surface area (Å²) in [6.07, 6.45) is -0.336. The third kappa shape index (κ3) is 0.991. The molecule has 0 radical (unpaired) electrons. The highest BCUT2D eigenvalue weighted by atomic mass is 32.2. The Kier molecular flexibility index (Phi) is 1.10. The van der Waals surface area contributed by atoms with E-state index in [1.165, 1.54) is 11.9 Å². The fraction of sp³-hybridized carbons (Fsp3) is 0.667. The number of rotatable bonds is 0. The Morgan fingerprint density at radius 3 is 2.86 bits per heavy atom. The molecule has 0 aliphatic carbocycles. The van der Waals surface area contributed by atoms with Crippen LogP contribution in [0.1, 0.15) is 6.92 Å². The van der Waals surface area contributed by atoms with Crippen molar-refractivity contribution in [2.75, 3.05) is 0 Å². The van der Waals surface area contributed by atoms with Crippen LogP contribution < -0.4 is 4.72 Å². The largest absolute Gasteiger partial charge is 0.433 e. The highest BCUT2D eigenvalue weighted by molar-refractivity contribution is 7.98. The summed E-state index contributed by atoms with van der Waals surface area (Å²) in [6.45, 7) is 1.81. The smallest absolute Gasteiger partial charge is 0.418 e. The second kappa shape index (κ2) is 1.61. The highest BCUT2D eigenvalue weighted by Gasteiger charge is 2.17. The molecule has 0 spiro atoms. The van der Waals surface area contributed by atoms with E-state index in [1.807, 2.05) is 6.92 Å². The average Bonchev–Trinajstić information content (AvgIpc) is 1.87. The van der Waals surface area contributed by atoms with Crippen LogP contribution in [0.4, 0.5) is 4.79 Å². The zero-order chi connectivity index (χ0) is 5.28. The molecular formula is C3H5NO2S. The van der Waals surface area contributed by atoms with E-state index in [2.05, 4.69) is 9.46 Å². The van der Waals surface area contributed by atoms with Gasteiger partial charge in [0.25, 0.3) is 0 Å². The second-order valence-corrected chi connectivity index (χ2v) is 2.30. The first-order chi connectivity index (χ1) is 3.29. The van der Waals surface area contributed by atoms with Crippen LogP contribution in [-0.2, 0) is 4.74 Å². The lowest BCUT2D eigenvalue weighted by Gasteiger charge is -1.91. The zero-order valence-electron chi connectivity index (χ0n) is 3.80. The number of nitrogens with one attached hydrogen (secondary N) is 1. The predicted molar refractivity (Wildman–Crippen MR) is 26.7 cm³/mol. The molecule has 0 aromatic rings. The average molecular weight is 119 g/mol. The maximum atomic E-state index is 10.1. The van der Waals surface area contributed by atoms with Gasteiger partial charge in [-0.25, -0.2) is 4.79 Å². The first kappa shape index (κ1) is 4.77. The monoisotopic (exact) mass is 119 g/mol. The molecule has 0 aromatic carbocycles. The van der Waals surface area contributed by atoms with Crippen LogP contribution in [0.25, 0.3) is 0 Å². The van der Waals surface area contributed by atoms with Gasteiger partial charge in [0.2, 0.25) is 0 Å². The quantitative estimate of drug-likeness (QED) is 0.477. The van der Waals surface area contributed by atoms with Crippen LogP contribution in [0, 0.1) is 0 Å². The molecule has 1 rings (SSSR count). The Bertz CT molecular complexity index is 94.9. The molecule has 0 bridgehead atoms. The fourth-order valence-electron chi connectivity index (χ4n) is 0.330. The molecule has 1 unspecified atom stereocenters. The SMILES string of the molecule is CC1OC(=O)NS1. The lowest BCUT2D eigenvalue weighted by Crippen LogP contribution is -2.05. The molecule has 1 amide bonds. The third-order valence-corrected chi connectivity index (χ3v) is 1.29. The summed E-state index contributed by atoms with van der Waals surface area (Å²) in [5.41, 5.74) is -0.0208. The van der Waals surface area contributed by atoms with Gasteiger partial charge in [-0.2, -0.15) is 0 Å². The summed E-state index contributed by atoms with van der Waals surface area (Å²) in [5, 5.41) is 0. The van der Waals surface area contributed by atoms with Gasteiger partial charge >= 0.3 is 6.09 Å². The molecule has 1 aliphatic heterocycles. The predicted octanol–water partition coefficient (Wildman–Crippen LogP) is 0.720. The van der Waals surface area contributed by atoms with Gasteiger partial charge in [0, 0.05) is 0 Å². The van der Waals surface area contributed by atoms with E-state index in [9.17, 15) is 4.79 Å². The van der Waals surface area contributed by atoms with E-state index in [4.69, 9.17) is 0 Å². The molecule has 4 heteroatoms. The minimum Gasteiger partial charge on any atom is -0.433 e. The summed E-state index contributed by atoms with van der Waals surface area (Å²) < 4.78 is 7.00. The standard InChI is InChI=1S/C3H5NO2S/c1-2-6-3(5)4-7-2/h2H,1H3,(H,4,5). The van der Waals surface area contributed by atoms with Gasteiger partial charge in [0.15, 0.2) is 5.44 Å². The van der Waals surface area contributed by atoms with E-state index < -0.39 is 0 Å². The summed E-state index contributed by atoms with van der Waals surface area (Å²) in [6, 6.07) is 0. The highest BCUT2D eigenvalue weighted by Crippen LogP contribution is 2.13. The van der Waals surface area contributed by atoms with Crippen LogP contribution in [-0.4, -0.2) is 11.5 Å². The van der Waals surface area contributed by atoms with Crippen molar-refractivity contribution in [3.63, 3.8) is 0 Å². The minimum atomic E-state index is -0.336. The van der Waals surface area contributed by atoms with Gasteiger partial charge in [-0.1, -0.05) is 0 Å². The number of cyclic esters (lactones) is 1. The first-order valence-corrected chi connectivity index (χ1v) is 2.79. The van der Waals surface area contributed by atoms with Crippen LogP contribution >= 0.6 is 11.9 Å². The normalized spacial score (nSPS) is 29.3. The van der Waals surface area contributed by atoms with E-state index in [0.717, 1.165) is 0 Å². The Morgan fingerprint density at radius 1 is 2.00 bits per heavy atom. The van der Waals surface area contributed by atoms with Crippen molar-refractivity contribution < 1.29 is 9.53 Å². The molecule has 1 N–H and O–H groups in total. The van der Waals surface area contributed by atoms with Crippen LogP contribution in [0.15, 0.2) is 0 Å². The molecular weight excluding hydrogens is 114 g/mol. The van der Waals surface area contributed by atoms with Gasteiger partial charge in [0.1, 0.15) is 0 Å². The minimum absolute atomic E-state index is 0.0208. The summed E-state index contributed by atoms with van der Waals surface area (Å²) in [7, 11) is 0. The fourth-order valence-corrected chi connectivity index (χ4v) is 0.776. The van der Waals surface area contributed by atoms with Crippen LogP contribution in [0.3, 0.4) is 0 Å². The van der Waals surface area contributed by atoms with Crippen molar-refractivity contribution in [1.29, 1.82) is 0 Å². The molecule has 1 atom stereocenters. The Balaban J connectivity index is 2.40. The lowest BCUT2D eigenvalue weighted by molar-refractivity contribution is 0.158. The number of carbonyl (C=O) groups is 1. The molecule has 7 heavy (non-hydrogen) atoms. The molecule has 0 aromatic heterocycles. The second-order valence-electron chi connectivity index (χ2n) is 1.19. The van der Waals surface area contributed by atoms with Crippen molar-refractivity contribution in [3.8, 4) is 0 Å². The van der Waals surface area contributed by atoms with E-state index in [-0.39, 0.29) is 11.5 Å². The molecule has 1 heterocycles. The molecule has 1 fully saturated rings. The van der Waals surface area contributed by atoms with Crippen LogP contribution in [0.5, 0.6) is 0 Å². The third-order valence-electron chi connectivity index (χ3n) is 0.581. The van der Waals surface area contributed by atoms with Gasteiger partial charge < -0.3 is 4.74 Å². The summed E-state index contributed by atoms with van der Waals surface area (Å²) in [5.74, 6) is 0. The molecule has 3 nitrogen and oxygen atoms in total. The maximum absolute atomic E-state index is 10.1. The maximum Gasteiger partial charge on any atom is 0.418 e. The number of hydrogen-bond acceptors (Lipinski definition) is 3. The topological polar surface area (TPSA) is 38.3 Å². The summed E-state index contributed by atoms with van der Waals surface area (Å²) in [4.78, 5) is 10.1. The zero-order valence-corrected chi connectivity index (χ0v) is 4.62. The van der Waals surface area contributed by atoms with E-state index in [1.54, 1.807) is 0 Å². The van der Waals surface area contributed by atoms with Crippen molar-refractivity contribution in [1.82, 2.24) is 4.72 Å². The summed E-state index contributed by atoms with van der Waals surface area (Å²) >= 11 is 1.28. The van der Waals surface area contributed by atoms with Crippen molar-refractivity contribution >= 4 is 18.0 Å². The molecule has 0 saturated carbocycles. The van der Waals surface area contributed by atoms with Crippen molar-refractivity contribution in [2.45, 2.75) is 12.4 Å². The Labute approximate surface area is 45.5 Å². The lowest BCUT2D eigenvalue weighted by atomic mass is 10.8. The van der Waals surface area contributed by atoms with E-state index in [0.29, 0.717) is 0 Å². The number of ether oxygens (including phenoxy) is 1. The van der Waals surface area contributed by atoms with Crippen LogP contribution in [0.2, 0.25) is 0 Å². The van der Waals surface area contributed by atoms with Gasteiger partial charge in [-0.15, -0.1) is 0 Å². The first-order valence-electron chi connectivity index (χ1n) is 1.91. The number of amides is 1. The Morgan fingerprint density at radius 2 is 2.71 bits per heavy atom. The van der Waals surface area contributed by atoms with Crippen molar-refractivity contribution in [2.24, 2.45) is 0 Å². The number of hydrogen-bond donors (Lipinski definition) is 1. The van der Waals surface area contributed by atoms with Gasteiger partial charge in [0.05, 0.1) is 0 Å². The number of carbonyl (C=O) groups excluding carboxylic acids is 1. The van der Waals surface area contributed by atoms with E-state index >= 15 is 0 Å². The Hall–Kier alpha value is -0.380. The molecule has 1 saturated heterocycles. The molecule has 1 aliphatic rings. The molecule has 40 valence electrons. The van der Waals surface area contributed by atoms with Gasteiger partial charge in [-0.3, -0.25) is 4.72 Å².